The summed E-state index contributed by atoms with van der Waals surface area (Å²) in [6, 6.07) is 19.5. The lowest BCUT2D eigenvalue weighted by Crippen LogP contribution is -2.45. The maximum atomic E-state index is 14.2. The van der Waals surface area contributed by atoms with Crippen LogP contribution < -0.4 is 20.1 Å². The number of anilines is 2. The normalized spacial score (nSPS) is 17.4. The molecule has 2 aliphatic rings. The zero-order valence-corrected chi connectivity index (χ0v) is 35.7. The number of hydrogen-bond donors (Lipinski definition) is 2. The number of carbonyl (C=O) groups is 5. The minimum Gasteiger partial charge on any atom is -0.495 e. The van der Waals surface area contributed by atoms with Crippen LogP contribution in [0.5, 0.6) is 11.5 Å². The van der Waals surface area contributed by atoms with E-state index >= 15 is 0 Å². The van der Waals surface area contributed by atoms with Gasteiger partial charge in [-0.25, -0.2) is 4.79 Å². The molecule has 12 heteroatoms. The van der Waals surface area contributed by atoms with Crippen molar-refractivity contribution >= 4 is 40.9 Å². The summed E-state index contributed by atoms with van der Waals surface area (Å²) in [6.45, 7) is 16.4. The van der Waals surface area contributed by atoms with Gasteiger partial charge < -0.3 is 24.8 Å². The van der Waals surface area contributed by atoms with E-state index in [1.54, 1.807) is 25.1 Å². The van der Waals surface area contributed by atoms with Crippen LogP contribution in [0.2, 0.25) is 0 Å². The standard InChI is InChI=1S/C46H60N4O8/c1-11-35(58-36-21-19-30(44(4,5)12-2)25-33(36)45(6,7)13-3)40(53)47-31-20-22-37(56-9)34(26-31)48-39(52)32(38(51)46(8)23-24-46)28-49-41(54)42(57-10)50(43(49)55)27-29-17-15-14-16-18-29/h14-22,25-26,32,35,42H,11-13,23-24,27-28H2,1-10H3,(H,47,53)(H,48,52). The van der Waals surface area contributed by atoms with Crippen LogP contribution in [0, 0.1) is 11.3 Å². The second-order valence-corrected chi connectivity index (χ2v) is 17.0. The van der Waals surface area contributed by atoms with Crippen LogP contribution in [0.15, 0.2) is 66.7 Å². The number of nitrogens with zero attached hydrogens (tertiary/aromatic N) is 2. The first-order valence-electron chi connectivity index (χ1n) is 20.3. The molecule has 1 aliphatic carbocycles. The summed E-state index contributed by atoms with van der Waals surface area (Å²) in [6.07, 6.45) is 1.37. The molecule has 1 saturated carbocycles. The van der Waals surface area contributed by atoms with Gasteiger partial charge in [-0.05, 0) is 78.3 Å². The highest BCUT2D eigenvalue weighted by molar-refractivity contribution is 6.12. The van der Waals surface area contributed by atoms with Crippen molar-refractivity contribution in [1.82, 2.24) is 9.80 Å². The number of imide groups is 1. The number of nitrogens with one attached hydrogen (secondary N) is 2. The fourth-order valence-corrected chi connectivity index (χ4v) is 7.04. The van der Waals surface area contributed by atoms with E-state index < -0.39 is 48.1 Å². The van der Waals surface area contributed by atoms with Crippen LogP contribution in [-0.4, -0.2) is 72.4 Å². The first kappa shape index (κ1) is 43.9. The van der Waals surface area contributed by atoms with E-state index in [1.807, 2.05) is 43.3 Å². The van der Waals surface area contributed by atoms with Crippen molar-refractivity contribution < 1.29 is 38.2 Å². The van der Waals surface area contributed by atoms with Crippen molar-refractivity contribution in [1.29, 1.82) is 0 Å². The zero-order chi connectivity index (χ0) is 42.6. The van der Waals surface area contributed by atoms with Crippen molar-refractivity contribution in [3.8, 4) is 11.5 Å². The number of carbonyl (C=O) groups excluding carboxylic acids is 5. The van der Waals surface area contributed by atoms with Gasteiger partial charge in [-0.2, -0.15) is 0 Å². The smallest absolute Gasteiger partial charge is 0.329 e. The molecule has 312 valence electrons. The molecule has 3 unspecified atom stereocenters. The zero-order valence-electron chi connectivity index (χ0n) is 35.7. The minimum absolute atomic E-state index is 0.0247. The van der Waals surface area contributed by atoms with Crippen molar-refractivity contribution in [2.45, 2.75) is 117 Å². The highest BCUT2D eigenvalue weighted by Gasteiger charge is 2.53. The Kier molecular flexibility index (Phi) is 13.4. The number of ether oxygens (including phenoxy) is 3. The lowest BCUT2D eigenvalue weighted by atomic mass is 9.76. The number of benzene rings is 3. The van der Waals surface area contributed by atoms with E-state index in [4.69, 9.17) is 14.2 Å². The maximum absolute atomic E-state index is 14.2. The molecule has 58 heavy (non-hydrogen) atoms. The monoisotopic (exact) mass is 796 g/mol. The van der Waals surface area contributed by atoms with E-state index in [1.165, 1.54) is 24.7 Å². The number of rotatable bonds is 19. The molecule has 2 N–H and O–H groups in total. The predicted molar refractivity (Wildman–Crippen MR) is 224 cm³/mol. The SMILES string of the molecule is CCC(Oc1ccc(C(C)(C)CC)cc1C(C)(C)CC)C(=O)Nc1ccc(OC)c(NC(=O)C(CN2C(=O)C(OC)N(Cc3ccccc3)C2=O)C(=O)C2(C)CC2)c1. The average Bonchev–Trinajstić information content (AvgIpc) is 3.93. The maximum Gasteiger partial charge on any atom is 0.329 e. The third-order valence-corrected chi connectivity index (χ3v) is 12.2. The molecule has 0 aromatic heterocycles. The Morgan fingerprint density at radius 2 is 1.50 bits per heavy atom. The molecule has 5 amide bonds. The number of urea groups is 1. The average molecular weight is 797 g/mol. The van der Waals surface area contributed by atoms with Gasteiger partial charge in [0.2, 0.25) is 12.1 Å². The van der Waals surface area contributed by atoms with Crippen molar-refractivity contribution in [3.63, 3.8) is 0 Å². The number of hydrogen-bond acceptors (Lipinski definition) is 8. The molecule has 2 fully saturated rings. The number of Topliss-reactive ketones (excluding diaryl/α,β-unsaturated/α-hetero) is 1. The Balaban J connectivity index is 1.36. The lowest BCUT2D eigenvalue weighted by molar-refractivity contribution is -0.141. The van der Waals surface area contributed by atoms with E-state index in [0.29, 0.717) is 30.7 Å². The van der Waals surface area contributed by atoms with E-state index in [0.717, 1.165) is 28.9 Å². The van der Waals surface area contributed by atoms with Gasteiger partial charge in [-0.1, -0.05) is 97.9 Å². The molecule has 1 saturated heterocycles. The summed E-state index contributed by atoms with van der Waals surface area (Å²) in [5, 5.41) is 5.74. The molecular formula is C46H60N4O8. The molecule has 3 aromatic carbocycles. The second-order valence-electron chi connectivity index (χ2n) is 17.0. The summed E-state index contributed by atoms with van der Waals surface area (Å²) < 4.78 is 17.5. The quantitative estimate of drug-likeness (QED) is 0.0913. The number of amides is 5. The first-order chi connectivity index (χ1) is 27.4. The molecule has 0 radical (unpaired) electrons. The Bertz CT molecular complexity index is 2010. The molecule has 1 heterocycles. The molecule has 0 bridgehead atoms. The summed E-state index contributed by atoms with van der Waals surface area (Å²) in [5.74, 6) is -2.57. The van der Waals surface area contributed by atoms with Gasteiger partial charge in [0, 0.05) is 30.3 Å². The Hall–Kier alpha value is -5.23. The fourth-order valence-electron chi connectivity index (χ4n) is 7.04. The largest absolute Gasteiger partial charge is 0.495 e. The third kappa shape index (κ3) is 9.38. The van der Waals surface area contributed by atoms with Gasteiger partial charge in [-0.3, -0.25) is 29.0 Å². The topological polar surface area (TPSA) is 144 Å². The van der Waals surface area contributed by atoms with Crippen molar-refractivity contribution in [2.75, 3.05) is 31.4 Å². The lowest BCUT2D eigenvalue weighted by Gasteiger charge is -2.31. The van der Waals surface area contributed by atoms with Gasteiger partial charge >= 0.3 is 6.03 Å². The number of ketones is 1. The van der Waals surface area contributed by atoms with Crippen LogP contribution in [0.4, 0.5) is 16.2 Å². The highest BCUT2D eigenvalue weighted by Crippen LogP contribution is 2.48. The van der Waals surface area contributed by atoms with Gasteiger partial charge in [0.1, 0.15) is 17.4 Å². The van der Waals surface area contributed by atoms with E-state index in [-0.39, 0.29) is 40.5 Å². The Morgan fingerprint density at radius 3 is 2.09 bits per heavy atom. The molecule has 3 aromatic rings. The summed E-state index contributed by atoms with van der Waals surface area (Å²) in [7, 11) is 2.77. The summed E-state index contributed by atoms with van der Waals surface area (Å²) in [4.78, 5) is 71.4. The molecule has 12 nitrogen and oxygen atoms in total. The molecule has 5 rings (SSSR count). The van der Waals surface area contributed by atoms with Crippen molar-refractivity contribution in [2.24, 2.45) is 11.3 Å². The number of methoxy groups -OCH3 is 2. The summed E-state index contributed by atoms with van der Waals surface area (Å²) >= 11 is 0. The molecule has 1 aliphatic heterocycles. The molecular weight excluding hydrogens is 737 g/mol. The first-order valence-corrected chi connectivity index (χ1v) is 20.3. The Morgan fingerprint density at radius 1 is 0.845 bits per heavy atom. The van der Waals surface area contributed by atoms with Gasteiger partial charge in [0.05, 0.1) is 19.3 Å². The minimum atomic E-state index is -1.38. The van der Waals surface area contributed by atoms with Crippen LogP contribution in [0.1, 0.15) is 104 Å². The van der Waals surface area contributed by atoms with Gasteiger partial charge in [0.15, 0.2) is 11.9 Å². The van der Waals surface area contributed by atoms with Crippen LogP contribution in [0.25, 0.3) is 0 Å². The van der Waals surface area contributed by atoms with E-state index in [9.17, 15) is 24.0 Å². The fraction of sp³-hybridized carbons (Fsp3) is 0.500. The summed E-state index contributed by atoms with van der Waals surface area (Å²) in [5.41, 5.74) is 2.60. The predicted octanol–water partition coefficient (Wildman–Crippen LogP) is 8.23. The molecule has 3 atom stereocenters. The van der Waals surface area contributed by atoms with Crippen LogP contribution in [-0.2, 0) is 41.3 Å². The van der Waals surface area contributed by atoms with E-state index in [2.05, 4.69) is 64.3 Å². The van der Waals surface area contributed by atoms with Crippen molar-refractivity contribution in [3.05, 3.63) is 83.4 Å². The third-order valence-electron chi connectivity index (χ3n) is 12.2. The van der Waals surface area contributed by atoms with Gasteiger partial charge in [0.25, 0.3) is 11.8 Å². The van der Waals surface area contributed by atoms with Crippen LogP contribution >= 0.6 is 0 Å². The highest BCUT2D eigenvalue weighted by atomic mass is 16.5. The second kappa shape index (κ2) is 17.7. The van der Waals surface area contributed by atoms with Crippen LogP contribution in [0.3, 0.4) is 0 Å². The molecule has 0 spiro atoms. The Labute approximate surface area is 343 Å². The van der Waals surface area contributed by atoms with Gasteiger partial charge in [-0.15, -0.1) is 0 Å².